The molecule has 0 aliphatic rings. The second-order valence-corrected chi connectivity index (χ2v) is 4.92. The molecule has 1 aromatic carbocycles. The number of carboxylic acid groups (broad SMARTS) is 1. The SMILES string of the molecule is Cc1[nH]cc(NC(=O)c2cccc(Br)c2F)c1C(=O)O. The number of amides is 1. The number of halogens is 2. The van der Waals surface area contributed by atoms with Crippen LogP contribution in [0, 0.1) is 12.7 Å². The monoisotopic (exact) mass is 340 g/mol. The molecule has 3 N–H and O–H groups in total. The third-order valence-electron chi connectivity index (χ3n) is 2.74. The fourth-order valence-corrected chi connectivity index (χ4v) is 2.14. The van der Waals surface area contributed by atoms with Crippen LogP contribution in [0.2, 0.25) is 0 Å². The summed E-state index contributed by atoms with van der Waals surface area (Å²) in [7, 11) is 0. The average Bonchev–Trinajstić information content (AvgIpc) is 2.73. The molecular formula is C13H10BrFN2O3. The molecule has 7 heteroatoms. The van der Waals surface area contributed by atoms with Crippen molar-refractivity contribution in [3.05, 3.63) is 51.5 Å². The van der Waals surface area contributed by atoms with E-state index < -0.39 is 17.7 Å². The molecule has 0 unspecified atom stereocenters. The van der Waals surface area contributed by atoms with E-state index in [0.29, 0.717) is 5.69 Å². The molecule has 5 nitrogen and oxygen atoms in total. The van der Waals surface area contributed by atoms with Gasteiger partial charge in [-0.05, 0) is 35.0 Å². The lowest BCUT2D eigenvalue weighted by molar-refractivity contribution is 0.0697. The molecule has 20 heavy (non-hydrogen) atoms. The Morgan fingerprint density at radius 1 is 1.40 bits per heavy atom. The van der Waals surface area contributed by atoms with Gasteiger partial charge in [-0.25, -0.2) is 9.18 Å². The molecule has 1 aromatic heterocycles. The van der Waals surface area contributed by atoms with E-state index in [4.69, 9.17) is 5.11 Å². The summed E-state index contributed by atoms with van der Waals surface area (Å²) in [5.41, 5.74) is 0.283. The van der Waals surface area contributed by atoms with Gasteiger partial charge in [-0.1, -0.05) is 6.07 Å². The first-order valence-corrected chi connectivity index (χ1v) is 6.37. The summed E-state index contributed by atoms with van der Waals surface area (Å²) in [4.78, 5) is 25.8. The smallest absolute Gasteiger partial charge is 0.339 e. The molecule has 0 aliphatic heterocycles. The van der Waals surface area contributed by atoms with Crippen LogP contribution in [0.1, 0.15) is 26.4 Å². The van der Waals surface area contributed by atoms with E-state index in [1.54, 1.807) is 6.92 Å². The lowest BCUT2D eigenvalue weighted by Gasteiger charge is -2.06. The van der Waals surface area contributed by atoms with Crippen molar-refractivity contribution in [2.45, 2.75) is 6.92 Å². The van der Waals surface area contributed by atoms with Crippen LogP contribution in [-0.4, -0.2) is 22.0 Å². The summed E-state index contributed by atoms with van der Waals surface area (Å²) in [6.45, 7) is 1.57. The third kappa shape index (κ3) is 2.57. The number of carboxylic acids is 1. The van der Waals surface area contributed by atoms with Crippen molar-refractivity contribution in [1.82, 2.24) is 4.98 Å². The van der Waals surface area contributed by atoms with Gasteiger partial charge >= 0.3 is 5.97 Å². The topological polar surface area (TPSA) is 82.2 Å². The predicted molar refractivity (Wildman–Crippen MR) is 74.5 cm³/mol. The largest absolute Gasteiger partial charge is 0.478 e. The highest BCUT2D eigenvalue weighted by Gasteiger charge is 2.19. The first-order valence-electron chi connectivity index (χ1n) is 5.58. The van der Waals surface area contributed by atoms with E-state index in [9.17, 15) is 14.0 Å². The number of H-pyrrole nitrogens is 1. The summed E-state index contributed by atoms with van der Waals surface area (Å²) in [5.74, 6) is -2.59. The summed E-state index contributed by atoms with van der Waals surface area (Å²) in [6.07, 6.45) is 1.35. The standard InChI is InChI=1S/C13H10BrFN2O3/c1-6-10(13(19)20)9(5-16-6)17-12(18)7-3-2-4-8(14)11(7)15/h2-5,16H,1H3,(H,17,18)(H,19,20). The molecular weight excluding hydrogens is 331 g/mol. The van der Waals surface area contributed by atoms with Crippen LogP contribution in [0.5, 0.6) is 0 Å². The Bertz CT molecular complexity index is 697. The molecule has 1 heterocycles. The lowest BCUT2D eigenvalue weighted by atomic mass is 10.2. The van der Waals surface area contributed by atoms with Crippen molar-refractivity contribution in [1.29, 1.82) is 0 Å². The maximum Gasteiger partial charge on any atom is 0.339 e. The van der Waals surface area contributed by atoms with Gasteiger partial charge in [0.15, 0.2) is 0 Å². The van der Waals surface area contributed by atoms with Gasteiger partial charge in [0.25, 0.3) is 5.91 Å². The molecule has 0 aliphatic carbocycles. The zero-order valence-electron chi connectivity index (χ0n) is 10.3. The maximum absolute atomic E-state index is 13.8. The number of rotatable bonds is 3. The van der Waals surface area contributed by atoms with Crippen LogP contribution in [0.15, 0.2) is 28.9 Å². The quantitative estimate of drug-likeness (QED) is 0.802. The number of carbonyl (C=O) groups excluding carboxylic acids is 1. The summed E-state index contributed by atoms with van der Waals surface area (Å²) in [5, 5.41) is 11.4. The van der Waals surface area contributed by atoms with Crippen LogP contribution >= 0.6 is 15.9 Å². The normalized spacial score (nSPS) is 10.3. The number of nitrogens with one attached hydrogen (secondary N) is 2. The second kappa shape index (κ2) is 5.46. The van der Waals surface area contributed by atoms with Gasteiger partial charge in [-0.3, -0.25) is 4.79 Å². The van der Waals surface area contributed by atoms with Crippen molar-refractivity contribution >= 4 is 33.5 Å². The molecule has 104 valence electrons. The Morgan fingerprint density at radius 2 is 2.10 bits per heavy atom. The predicted octanol–water partition coefficient (Wildman–Crippen LogP) is 3.18. The number of carbonyl (C=O) groups is 2. The highest BCUT2D eigenvalue weighted by Crippen LogP contribution is 2.22. The summed E-state index contributed by atoms with van der Waals surface area (Å²) in [6, 6.07) is 4.30. The molecule has 0 bridgehead atoms. The number of benzene rings is 1. The van der Waals surface area contributed by atoms with Crippen LogP contribution in [0.4, 0.5) is 10.1 Å². The van der Waals surface area contributed by atoms with Crippen molar-refractivity contribution in [2.75, 3.05) is 5.32 Å². The minimum Gasteiger partial charge on any atom is -0.478 e. The van der Waals surface area contributed by atoms with Gasteiger partial charge in [0.2, 0.25) is 0 Å². The number of hydrogen-bond donors (Lipinski definition) is 3. The number of anilines is 1. The van der Waals surface area contributed by atoms with Crippen molar-refractivity contribution in [3.8, 4) is 0 Å². The van der Waals surface area contributed by atoms with Crippen LogP contribution < -0.4 is 5.32 Å². The Kier molecular flexibility index (Phi) is 3.89. The molecule has 2 rings (SSSR count). The Labute approximate surface area is 121 Å². The number of hydrogen-bond acceptors (Lipinski definition) is 2. The molecule has 0 spiro atoms. The van der Waals surface area contributed by atoms with Crippen LogP contribution in [-0.2, 0) is 0 Å². The van der Waals surface area contributed by atoms with Gasteiger partial charge < -0.3 is 15.4 Å². The van der Waals surface area contributed by atoms with Gasteiger partial charge in [0.1, 0.15) is 11.4 Å². The Morgan fingerprint density at radius 3 is 2.75 bits per heavy atom. The lowest BCUT2D eigenvalue weighted by Crippen LogP contribution is -2.15. The van der Waals surface area contributed by atoms with E-state index in [1.165, 1.54) is 24.4 Å². The highest BCUT2D eigenvalue weighted by molar-refractivity contribution is 9.10. The van der Waals surface area contributed by atoms with Gasteiger partial charge in [0, 0.05) is 11.9 Å². The number of aromatic amines is 1. The van der Waals surface area contributed by atoms with Gasteiger partial charge in [-0.2, -0.15) is 0 Å². The van der Waals surface area contributed by atoms with Crippen molar-refractivity contribution < 1.29 is 19.1 Å². The summed E-state index contributed by atoms with van der Waals surface area (Å²) < 4.78 is 13.9. The van der Waals surface area contributed by atoms with Crippen molar-refractivity contribution in [3.63, 3.8) is 0 Å². The minimum atomic E-state index is -1.17. The highest BCUT2D eigenvalue weighted by atomic mass is 79.9. The second-order valence-electron chi connectivity index (χ2n) is 4.06. The molecule has 0 radical (unpaired) electrons. The molecule has 0 saturated heterocycles. The van der Waals surface area contributed by atoms with Gasteiger partial charge in [0.05, 0.1) is 15.7 Å². The van der Waals surface area contributed by atoms with E-state index in [-0.39, 0.29) is 21.3 Å². The fraction of sp³-hybridized carbons (Fsp3) is 0.0769. The first kappa shape index (κ1) is 14.3. The molecule has 1 amide bonds. The number of aryl methyl sites for hydroxylation is 1. The van der Waals surface area contributed by atoms with Crippen LogP contribution in [0.3, 0.4) is 0 Å². The average molecular weight is 341 g/mol. The maximum atomic E-state index is 13.8. The summed E-state index contributed by atoms with van der Waals surface area (Å²) >= 11 is 2.99. The van der Waals surface area contributed by atoms with Gasteiger partial charge in [-0.15, -0.1) is 0 Å². The Hall–Kier alpha value is -2.15. The fourth-order valence-electron chi connectivity index (χ4n) is 1.77. The minimum absolute atomic E-state index is 0.0474. The van der Waals surface area contributed by atoms with E-state index in [2.05, 4.69) is 26.2 Å². The number of aromatic nitrogens is 1. The first-order chi connectivity index (χ1) is 9.41. The van der Waals surface area contributed by atoms with E-state index >= 15 is 0 Å². The molecule has 0 fully saturated rings. The zero-order chi connectivity index (χ0) is 14.9. The van der Waals surface area contributed by atoms with E-state index in [1.807, 2.05) is 0 Å². The number of aromatic carboxylic acids is 1. The van der Waals surface area contributed by atoms with E-state index in [0.717, 1.165) is 0 Å². The molecule has 0 atom stereocenters. The Balaban J connectivity index is 2.33. The van der Waals surface area contributed by atoms with Crippen LogP contribution in [0.25, 0.3) is 0 Å². The molecule has 0 saturated carbocycles. The molecule has 2 aromatic rings. The van der Waals surface area contributed by atoms with Crippen molar-refractivity contribution in [2.24, 2.45) is 0 Å². The third-order valence-corrected chi connectivity index (χ3v) is 3.35. The zero-order valence-corrected chi connectivity index (χ0v) is 11.9.